The summed E-state index contributed by atoms with van der Waals surface area (Å²) in [5, 5.41) is 9.79. The zero-order chi connectivity index (χ0) is 20.9. The quantitative estimate of drug-likeness (QED) is 0.498. The number of carbonyl (C=O) groups is 1. The second-order valence-corrected chi connectivity index (χ2v) is 6.45. The molecule has 0 aromatic heterocycles. The number of aliphatic hydroxyl groups excluding tert-OH is 1. The van der Waals surface area contributed by atoms with Crippen LogP contribution in [-0.2, 0) is 6.54 Å². The molecule has 0 amide bonds. The van der Waals surface area contributed by atoms with Crippen molar-refractivity contribution in [1.29, 1.82) is 0 Å². The third-order valence-corrected chi connectivity index (χ3v) is 3.88. The fourth-order valence-corrected chi connectivity index (χ4v) is 2.63. The van der Waals surface area contributed by atoms with Crippen LogP contribution in [0.4, 0.5) is 23.2 Å². The summed E-state index contributed by atoms with van der Waals surface area (Å²) in [6.45, 7) is 3.41. The van der Waals surface area contributed by atoms with Gasteiger partial charge >= 0.3 is 12.5 Å². The molecule has 0 saturated heterocycles. The smallest absolute Gasteiger partial charge is 0.428 e. The molecule has 0 aliphatic rings. The molecule has 2 rings (SSSR count). The molecule has 0 spiro atoms. The average molecular weight is 399 g/mol. The van der Waals surface area contributed by atoms with Crippen LogP contribution >= 0.6 is 0 Å². The number of halogens is 4. The summed E-state index contributed by atoms with van der Waals surface area (Å²) in [4.78, 5) is 13.4. The average Bonchev–Trinajstić information content (AvgIpc) is 2.60. The van der Waals surface area contributed by atoms with Gasteiger partial charge in [0.25, 0.3) is 0 Å². The van der Waals surface area contributed by atoms with E-state index in [1.165, 1.54) is 19.1 Å². The Morgan fingerprint density at radius 3 is 2.46 bits per heavy atom. The van der Waals surface area contributed by atoms with Gasteiger partial charge in [0, 0.05) is 24.3 Å². The fourth-order valence-electron chi connectivity index (χ4n) is 2.63. The molecule has 0 heterocycles. The highest BCUT2D eigenvalue weighted by atomic mass is 19.3. The Morgan fingerprint density at radius 1 is 1.18 bits per heavy atom. The molecule has 8 heteroatoms. The van der Waals surface area contributed by atoms with Gasteiger partial charge in [-0.15, -0.1) is 0 Å². The number of Topliss-reactive ketones (excluding diaryl/α,β-unsaturated/α-hetero) is 1. The molecule has 1 unspecified atom stereocenters. The number of anilines is 1. The van der Waals surface area contributed by atoms with E-state index in [4.69, 9.17) is 0 Å². The maximum absolute atomic E-state index is 13.1. The molecule has 4 nitrogen and oxygen atoms in total. The Morgan fingerprint density at radius 2 is 1.86 bits per heavy atom. The molecule has 1 N–H and O–H groups in total. The van der Waals surface area contributed by atoms with Crippen molar-refractivity contribution in [3.05, 3.63) is 59.7 Å². The normalized spacial score (nSPS) is 12.7. The van der Waals surface area contributed by atoms with Gasteiger partial charge in [-0.1, -0.05) is 24.3 Å². The summed E-state index contributed by atoms with van der Waals surface area (Å²) in [6, 6.07) is 12.2. The summed E-state index contributed by atoms with van der Waals surface area (Å²) < 4.78 is 55.1. The van der Waals surface area contributed by atoms with Gasteiger partial charge in [0.2, 0.25) is 0 Å². The van der Waals surface area contributed by atoms with Crippen molar-refractivity contribution in [2.75, 3.05) is 11.4 Å². The molecule has 0 aliphatic carbocycles. The fraction of sp³-hybridized carbons (Fsp3) is 0.350. The third-order valence-electron chi connectivity index (χ3n) is 3.88. The molecule has 28 heavy (non-hydrogen) atoms. The first-order valence-electron chi connectivity index (χ1n) is 8.56. The monoisotopic (exact) mass is 399 g/mol. The Kier molecular flexibility index (Phi) is 7.01. The standard InChI is InChI=1S/C20H21F4NO3/c1-13(26)11-25(17-7-4-6-16(10-17)14(2)27)12-15-5-3-8-18(9-15)28-20(23,24)19(21)22/h3-10,13,19,26H,11-12H2,1-2H3. The number of benzene rings is 2. The predicted molar refractivity (Wildman–Crippen MR) is 97.2 cm³/mol. The van der Waals surface area contributed by atoms with E-state index in [0.717, 1.165) is 6.07 Å². The summed E-state index contributed by atoms with van der Waals surface area (Å²) in [7, 11) is 0. The van der Waals surface area contributed by atoms with Crippen molar-refractivity contribution in [3.63, 3.8) is 0 Å². The minimum atomic E-state index is -4.59. The lowest BCUT2D eigenvalue weighted by molar-refractivity contribution is -0.253. The first-order chi connectivity index (χ1) is 13.1. The number of hydrogen-bond donors (Lipinski definition) is 1. The third kappa shape index (κ3) is 5.95. The zero-order valence-electron chi connectivity index (χ0n) is 15.4. The Balaban J connectivity index is 2.27. The molecule has 1 atom stereocenters. The van der Waals surface area contributed by atoms with Crippen molar-refractivity contribution in [2.24, 2.45) is 0 Å². The van der Waals surface area contributed by atoms with E-state index in [9.17, 15) is 27.5 Å². The first kappa shape index (κ1) is 21.7. The molecule has 0 fully saturated rings. The lowest BCUT2D eigenvalue weighted by atomic mass is 10.1. The number of carbonyl (C=O) groups excluding carboxylic acids is 1. The van der Waals surface area contributed by atoms with Gasteiger partial charge in [-0.25, -0.2) is 0 Å². The minimum absolute atomic E-state index is 0.122. The van der Waals surface area contributed by atoms with Crippen LogP contribution in [0.15, 0.2) is 48.5 Å². The molecule has 0 saturated carbocycles. The van der Waals surface area contributed by atoms with E-state index in [0.29, 0.717) is 16.8 Å². The van der Waals surface area contributed by atoms with Crippen molar-refractivity contribution in [3.8, 4) is 5.75 Å². The van der Waals surface area contributed by atoms with Crippen LogP contribution in [0.3, 0.4) is 0 Å². The van der Waals surface area contributed by atoms with Crippen LogP contribution < -0.4 is 9.64 Å². The lowest BCUT2D eigenvalue weighted by Gasteiger charge is -2.27. The summed E-state index contributed by atoms with van der Waals surface area (Å²) in [5.41, 5.74) is 1.65. The van der Waals surface area contributed by atoms with Crippen LogP contribution in [0.25, 0.3) is 0 Å². The number of hydrogen-bond acceptors (Lipinski definition) is 4. The van der Waals surface area contributed by atoms with Gasteiger partial charge in [0.05, 0.1) is 6.10 Å². The molecule has 152 valence electrons. The van der Waals surface area contributed by atoms with Crippen LogP contribution in [-0.4, -0.2) is 36.1 Å². The number of ketones is 1. The molecular weight excluding hydrogens is 378 g/mol. The van der Waals surface area contributed by atoms with Gasteiger partial charge in [-0.3, -0.25) is 4.79 Å². The topological polar surface area (TPSA) is 49.8 Å². The highest BCUT2D eigenvalue weighted by Crippen LogP contribution is 2.28. The molecule has 0 radical (unpaired) electrons. The van der Waals surface area contributed by atoms with E-state index in [1.807, 2.05) is 0 Å². The van der Waals surface area contributed by atoms with Crippen LogP contribution in [0, 0.1) is 0 Å². The number of rotatable bonds is 9. The number of nitrogens with zero attached hydrogens (tertiary/aromatic N) is 1. The van der Waals surface area contributed by atoms with Crippen molar-refractivity contribution < 1.29 is 32.2 Å². The lowest BCUT2D eigenvalue weighted by Crippen LogP contribution is -2.33. The SMILES string of the molecule is CC(=O)c1cccc(N(Cc2cccc(OC(F)(F)C(F)F)c2)CC(C)O)c1. The summed E-state index contributed by atoms with van der Waals surface area (Å²) in [5.74, 6) is -0.513. The van der Waals surface area contributed by atoms with E-state index < -0.39 is 24.4 Å². The van der Waals surface area contributed by atoms with Crippen LogP contribution in [0.5, 0.6) is 5.75 Å². The van der Waals surface area contributed by atoms with Gasteiger partial charge in [-0.05, 0) is 43.7 Å². The van der Waals surface area contributed by atoms with Gasteiger partial charge < -0.3 is 14.7 Å². The summed E-state index contributed by atoms with van der Waals surface area (Å²) in [6.07, 6.45) is -9.24. The summed E-state index contributed by atoms with van der Waals surface area (Å²) >= 11 is 0. The second-order valence-electron chi connectivity index (χ2n) is 6.45. The maximum Gasteiger partial charge on any atom is 0.461 e. The van der Waals surface area contributed by atoms with Crippen LogP contribution in [0.1, 0.15) is 29.8 Å². The highest BCUT2D eigenvalue weighted by molar-refractivity contribution is 5.95. The van der Waals surface area contributed by atoms with Gasteiger partial charge in [-0.2, -0.15) is 17.6 Å². The van der Waals surface area contributed by atoms with E-state index in [1.54, 1.807) is 42.2 Å². The molecule has 0 aliphatic heterocycles. The van der Waals surface area contributed by atoms with E-state index in [2.05, 4.69) is 4.74 Å². The Hall–Kier alpha value is -2.61. The molecule has 2 aromatic rings. The van der Waals surface area contributed by atoms with Crippen LogP contribution in [0.2, 0.25) is 0 Å². The zero-order valence-corrected chi connectivity index (χ0v) is 15.4. The Labute approximate surface area is 160 Å². The molecular formula is C20H21F4NO3. The van der Waals surface area contributed by atoms with Crippen molar-refractivity contribution in [2.45, 2.75) is 39.0 Å². The minimum Gasteiger partial charge on any atom is -0.428 e. The first-order valence-corrected chi connectivity index (χ1v) is 8.56. The van der Waals surface area contributed by atoms with Gasteiger partial charge in [0.15, 0.2) is 5.78 Å². The Bertz CT molecular complexity index is 812. The predicted octanol–water partition coefficient (Wildman–Crippen LogP) is 4.51. The van der Waals surface area contributed by atoms with Gasteiger partial charge in [0.1, 0.15) is 5.75 Å². The molecule has 0 bridgehead atoms. The largest absolute Gasteiger partial charge is 0.461 e. The number of alkyl halides is 4. The maximum atomic E-state index is 13.1. The second kappa shape index (κ2) is 9.05. The highest BCUT2D eigenvalue weighted by Gasteiger charge is 2.43. The number of ether oxygens (including phenoxy) is 1. The van der Waals surface area contributed by atoms with Crippen molar-refractivity contribution in [1.82, 2.24) is 0 Å². The van der Waals surface area contributed by atoms with E-state index in [-0.39, 0.29) is 18.9 Å². The van der Waals surface area contributed by atoms with E-state index >= 15 is 0 Å². The van der Waals surface area contributed by atoms with Crippen molar-refractivity contribution >= 4 is 11.5 Å². The molecule has 2 aromatic carbocycles. The number of aliphatic hydroxyl groups is 1.